The van der Waals surface area contributed by atoms with Gasteiger partial charge in [0.25, 0.3) is 0 Å². The van der Waals surface area contributed by atoms with Gasteiger partial charge in [-0.1, -0.05) is 35.9 Å². The highest BCUT2D eigenvalue weighted by Gasteiger charge is 2.40. The van der Waals surface area contributed by atoms with E-state index in [2.05, 4.69) is 68.1 Å². The summed E-state index contributed by atoms with van der Waals surface area (Å²) in [6.45, 7) is 4.48. The van der Waals surface area contributed by atoms with Crippen LogP contribution in [0.4, 0.5) is 0 Å². The van der Waals surface area contributed by atoms with Gasteiger partial charge in [0, 0.05) is 11.6 Å². The van der Waals surface area contributed by atoms with E-state index in [4.69, 9.17) is 0 Å². The summed E-state index contributed by atoms with van der Waals surface area (Å²) in [5, 5.41) is 0. The SMILES string of the molecule is Cc1ccc2c(c1)-c1ccc(C)c(-c3cc4c(c[n+]3C)C3CCC4C3)c1C2. The summed E-state index contributed by atoms with van der Waals surface area (Å²) in [5.74, 6) is 1.63. The van der Waals surface area contributed by atoms with Gasteiger partial charge in [0.05, 0.1) is 5.56 Å². The molecular weight excluding hydrogens is 326 g/mol. The number of fused-ring (bicyclic) bond motifs is 8. The lowest BCUT2D eigenvalue weighted by Crippen LogP contribution is -2.32. The smallest absolute Gasteiger partial charge is 0.201 e. The molecule has 2 aromatic carbocycles. The molecule has 0 saturated heterocycles. The van der Waals surface area contributed by atoms with Crippen LogP contribution in [0.5, 0.6) is 0 Å². The topological polar surface area (TPSA) is 3.88 Å². The first-order valence-electron chi connectivity index (χ1n) is 10.4. The zero-order valence-electron chi connectivity index (χ0n) is 16.5. The van der Waals surface area contributed by atoms with Crippen LogP contribution >= 0.6 is 0 Å². The minimum Gasteiger partial charge on any atom is -0.201 e. The van der Waals surface area contributed by atoms with Gasteiger partial charge in [-0.15, -0.1) is 0 Å². The Balaban J connectivity index is 1.58. The molecule has 1 nitrogen and oxygen atoms in total. The molecule has 1 fully saturated rings. The highest BCUT2D eigenvalue weighted by Crippen LogP contribution is 2.53. The molecular formula is C26H26N+. The van der Waals surface area contributed by atoms with Gasteiger partial charge in [-0.05, 0) is 84.7 Å². The van der Waals surface area contributed by atoms with E-state index in [9.17, 15) is 0 Å². The molecule has 0 radical (unpaired) electrons. The quantitative estimate of drug-likeness (QED) is 0.385. The maximum Gasteiger partial charge on any atom is 0.213 e. The highest BCUT2D eigenvalue weighted by atomic mass is 14.9. The average molecular weight is 353 g/mol. The van der Waals surface area contributed by atoms with Gasteiger partial charge < -0.3 is 0 Å². The Morgan fingerprint density at radius 1 is 0.889 bits per heavy atom. The first kappa shape index (κ1) is 15.6. The molecule has 1 heterocycles. The first-order chi connectivity index (χ1) is 13.1. The summed E-state index contributed by atoms with van der Waals surface area (Å²) in [7, 11) is 2.24. The molecule has 27 heavy (non-hydrogen) atoms. The molecule has 6 rings (SSSR count). The predicted octanol–water partition coefficient (Wildman–Crippen LogP) is 5.73. The third-order valence-corrected chi connectivity index (χ3v) is 7.35. The Hall–Kier alpha value is -2.41. The number of rotatable bonds is 1. The van der Waals surface area contributed by atoms with E-state index in [1.807, 2.05) is 0 Å². The summed E-state index contributed by atoms with van der Waals surface area (Å²) >= 11 is 0. The van der Waals surface area contributed by atoms with Gasteiger partial charge >= 0.3 is 0 Å². The van der Waals surface area contributed by atoms with Crippen molar-refractivity contribution >= 4 is 0 Å². The number of hydrogen-bond acceptors (Lipinski definition) is 0. The number of hydrogen-bond donors (Lipinski definition) is 0. The van der Waals surface area contributed by atoms with Gasteiger partial charge in [-0.2, -0.15) is 0 Å². The average Bonchev–Trinajstić information content (AvgIpc) is 3.34. The number of nitrogens with zero attached hydrogens (tertiary/aromatic N) is 1. The Morgan fingerprint density at radius 2 is 1.70 bits per heavy atom. The monoisotopic (exact) mass is 352 g/mol. The summed E-state index contributed by atoms with van der Waals surface area (Å²) < 4.78 is 2.40. The maximum absolute atomic E-state index is 2.54. The van der Waals surface area contributed by atoms with Crippen LogP contribution in [0, 0.1) is 13.8 Å². The van der Waals surface area contributed by atoms with Crippen LogP contribution in [0.25, 0.3) is 22.4 Å². The lowest BCUT2D eigenvalue weighted by molar-refractivity contribution is -0.660. The predicted molar refractivity (Wildman–Crippen MR) is 110 cm³/mol. The van der Waals surface area contributed by atoms with Crippen LogP contribution in [0.3, 0.4) is 0 Å². The van der Waals surface area contributed by atoms with Crippen molar-refractivity contribution in [3.05, 3.63) is 76.0 Å². The number of aryl methyl sites for hydroxylation is 3. The Morgan fingerprint density at radius 3 is 2.56 bits per heavy atom. The van der Waals surface area contributed by atoms with Crippen LogP contribution in [-0.4, -0.2) is 0 Å². The molecule has 2 bridgehead atoms. The molecule has 3 aliphatic rings. The molecule has 1 saturated carbocycles. The molecule has 1 heteroatoms. The van der Waals surface area contributed by atoms with Crippen LogP contribution in [0.15, 0.2) is 42.6 Å². The second kappa shape index (κ2) is 5.32. The van der Waals surface area contributed by atoms with Crippen LogP contribution in [-0.2, 0) is 13.5 Å². The van der Waals surface area contributed by atoms with E-state index >= 15 is 0 Å². The van der Waals surface area contributed by atoms with Gasteiger partial charge in [0.2, 0.25) is 5.69 Å². The molecule has 3 aliphatic carbocycles. The van der Waals surface area contributed by atoms with Crippen molar-refractivity contribution < 1.29 is 4.57 Å². The van der Waals surface area contributed by atoms with Crippen LogP contribution < -0.4 is 4.57 Å². The largest absolute Gasteiger partial charge is 0.213 e. The van der Waals surface area contributed by atoms with Gasteiger partial charge in [-0.3, -0.25) is 0 Å². The molecule has 1 aromatic heterocycles. The second-order valence-electron chi connectivity index (χ2n) is 9.01. The minimum absolute atomic E-state index is 0.807. The normalized spacial score (nSPS) is 21.3. The van der Waals surface area contributed by atoms with Crippen molar-refractivity contribution in [2.24, 2.45) is 7.05 Å². The molecule has 0 aliphatic heterocycles. The molecule has 0 N–H and O–H groups in total. The minimum atomic E-state index is 0.807. The molecule has 3 aromatic rings. The number of aromatic nitrogens is 1. The standard InChI is InChI=1S/C26H26N/c1-15-4-6-19-12-23-20(21(19)10-15)9-5-16(2)26(23)25-13-22-17-7-8-18(11-17)24(22)14-27(25)3/h4-6,9-10,13-14,17-18H,7-8,11-12H2,1-3H3/q+1. The van der Waals surface area contributed by atoms with E-state index in [1.165, 1.54) is 63.9 Å². The fraction of sp³-hybridized carbons (Fsp3) is 0.346. The first-order valence-corrected chi connectivity index (χ1v) is 10.4. The van der Waals surface area contributed by atoms with Crippen molar-refractivity contribution in [3.8, 4) is 22.4 Å². The highest BCUT2D eigenvalue weighted by molar-refractivity contribution is 5.85. The van der Waals surface area contributed by atoms with E-state index in [0.717, 1.165) is 18.3 Å². The maximum atomic E-state index is 2.54. The summed E-state index contributed by atoms with van der Waals surface area (Å²) in [6, 6.07) is 14.1. The third-order valence-electron chi connectivity index (χ3n) is 7.35. The van der Waals surface area contributed by atoms with Crippen molar-refractivity contribution in [2.45, 2.75) is 51.4 Å². The van der Waals surface area contributed by atoms with Crippen molar-refractivity contribution in [1.82, 2.24) is 0 Å². The summed E-state index contributed by atoms with van der Waals surface area (Å²) in [6.07, 6.45) is 7.67. The molecule has 0 spiro atoms. The fourth-order valence-corrected chi connectivity index (χ4v) is 6.02. The Kier molecular flexibility index (Phi) is 3.08. The number of benzene rings is 2. The van der Waals surface area contributed by atoms with Crippen molar-refractivity contribution in [1.29, 1.82) is 0 Å². The van der Waals surface area contributed by atoms with Crippen molar-refractivity contribution in [2.75, 3.05) is 0 Å². The fourth-order valence-electron chi connectivity index (χ4n) is 6.02. The summed E-state index contributed by atoms with van der Waals surface area (Å²) in [4.78, 5) is 0. The van der Waals surface area contributed by atoms with E-state index in [1.54, 1.807) is 11.1 Å². The molecule has 2 unspecified atom stereocenters. The Bertz CT molecular complexity index is 1120. The molecule has 2 atom stereocenters. The lowest BCUT2D eigenvalue weighted by Gasteiger charge is -2.17. The van der Waals surface area contributed by atoms with Gasteiger partial charge in [0.15, 0.2) is 6.20 Å². The van der Waals surface area contributed by atoms with E-state index in [0.29, 0.717) is 0 Å². The third kappa shape index (κ3) is 2.09. The van der Waals surface area contributed by atoms with E-state index < -0.39 is 0 Å². The Labute approximate surface area is 161 Å². The van der Waals surface area contributed by atoms with Crippen LogP contribution in [0.2, 0.25) is 0 Å². The van der Waals surface area contributed by atoms with Crippen LogP contribution in [0.1, 0.15) is 64.5 Å². The van der Waals surface area contributed by atoms with Gasteiger partial charge in [-0.25, -0.2) is 4.57 Å². The lowest BCUT2D eigenvalue weighted by atomic mass is 9.89. The molecule has 0 amide bonds. The summed E-state index contributed by atoms with van der Waals surface area (Å²) in [5.41, 5.74) is 14.8. The second-order valence-corrected chi connectivity index (χ2v) is 9.01. The van der Waals surface area contributed by atoms with Crippen molar-refractivity contribution in [3.63, 3.8) is 0 Å². The number of pyridine rings is 1. The zero-order valence-corrected chi connectivity index (χ0v) is 16.5. The van der Waals surface area contributed by atoms with E-state index in [-0.39, 0.29) is 0 Å². The van der Waals surface area contributed by atoms with Gasteiger partial charge in [0.1, 0.15) is 7.05 Å². The zero-order chi connectivity index (χ0) is 18.3. The molecule has 134 valence electrons.